The Morgan fingerprint density at radius 1 is 1.60 bits per heavy atom. The van der Waals surface area contributed by atoms with Crippen molar-refractivity contribution in [1.82, 2.24) is 4.90 Å². The van der Waals surface area contributed by atoms with Gasteiger partial charge < -0.3 is 10.0 Å². The lowest BCUT2D eigenvalue weighted by atomic mass is 10.1. The summed E-state index contributed by atoms with van der Waals surface area (Å²) in [5.74, 6) is -1.01. The number of amides is 1. The molecule has 0 aliphatic rings. The van der Waals surface area contributed by atoms with Crippen molar-refractivity contribution < 1.29 is 14.7 Å². The Morgan fingerprint density at radius 3 is 2.10 bits per heavy atom. The third-order valence-corrected chi connectivity index (χ3v) is 1.56. The predicted octanol–water partition coefficient (Wildman–Crippen LogP) is -0.0622. The van der Waals surface area contributed by atoms with Crippen molar-refractivity contribution in [2.75, 3.05) is 7.05 Å². The summed E-state index contributed by atoms with van der Waals surface area (Å²) in [5, 5.41) is 8.54. The van der Waals surface area contributed by atoms with Crippen LogP contribution in [0.3, 0.4) is 0 Å². The summed E-state index contributed by atoms with van der Waals surface area (Å²) in [4.78, 5) is 21.6. The van der Waals surface area contributed by atoms with Gasteiger partial charge in [-0.2, -0.15) is 0 Å². The fourth-order valence-corrected chi connectivity index (χ4v) is 0.283. The minimum Gasteiger partial charge on any atom is -0.480 e. The summed E-state index contributed by atoms with van der Waals surface area (Å²) in [5.41, 5.74) is -1.11. The Hall–Kier alpha value is -1.06. The molecule has 0 aromatic carbocycles. The van der Waals surface area contributed by atoms with Crippen LogP contribution in [0, 0.1) is 0 Å². The molecule has 0 aromatic rings. The maximum Gasteiger partial charge on any atom is 0.329 e. The first-order valence-electron chi connectivity index (χ1n) is 2.84. The maximum absolute atomic E-state index is 10.4. The summed E-state index contributed by atoms with van der Waals surface area (Å²) in [6, 6.07) is 0. The number of carboxylic acids is 1. The van der Waals surface area contributed by atoms with Gasteiger partial charge in [-0.05, 0) is 13.8 Å². The van der Waals surface area contributed by atoms with Gasteiger partial charge in [-0.3, -0.25) is 4.79 Å². The molecule has 58 valence electrons. The van der Waals surface area contributed by atoms with Crippen molar-refractivity contribution in [3.05, 3.63) is 0 Å². The van der Waals surface area contributed by atoms with Gasteiger partial charge >= 0.3 is 5.97 Å². The number of likely N-dealkylation sites (N-methyl/N-ethyl adjacent to an activating group) is 1. The molecule has 4 nitrogen and oxygen atoms in total. The summed E-state index contributed by atoms with van der Waals surface area (Å²) >= 11 is 0. The average Bonchev–Trinajstić information content (AvgIpc) is 1.86. The predicted molar refractivity (Wildman–Crippen MR) is 35.5 cm³/mol. The summed E-state index contributed by atoms with van der Waals surface area (Å²) in [6.45, 7) is 2.92. The molecule has 1 N–H and O–H groups in total. The smallest absolute Gasteiger partial charge is 0.329 e. The van der Waals surface area contributed by atoms with Gasteiger partial charge in [0.1, 0.15) is 5.54 Å². The third-order valence-electron chi connectivity index (χ3n) is 1.56. The lowest BCUT2D eigenvalue weighted by molar-refractivity contribution is -0.151. The van der Waals surface area contributed by atoms with Crippen LogP contribution >= 0.6 is 0 Å². The molecule has 0 saturated carbocycles. The van der Waals surface area contributed by atoms with Gasteiger partial charge in [0.15, 0.2) is 0 Å². The van der Waals surface area contributed by atoms with E-state index in [0.717, 1.165) is 4.90 Å². The number of rotatable bonds is 3. The molecule has 0 spiro atoms. The Bertz CT molecular complexity index is 153. The molecule has 0 bridgehead atoms. The fraction of sp³-hybridized carbons (Fsp3) is 0.667. The van der Waals surface area contributed by atoms with Crippen molar-refractivity contribution in [2.45, 2.75) is 19.4 Å². The summed E-state index contributed by atoms with van der Waals surface area (Å²) in [7, 11) is 1.43. The van der Waals surface area contributed by atoms with Crippen LogP contribution in [-0.2, 0) is 9.59 Å². The molecule has 0 fully saturated rings. The highest BCUT2D eigenvalue weighted by Gasteiger charge is 2.30. The van der Waals surface area contributed by atoms with Gasteiger partial charge in [-0.15, -0.1) is 0 Å². The Kier molecular flexibility index (Phi) is 2.40. The van der Waals surface area contributed by atoms with Crippen LogP contribution in [0.4, 0.5) is 0 Å². The van der Waals surface area contributed by atoms with Crippen molar-refractivity contribution in [3.8, 4) is 0 Å². The standard InChI is InChI=1S/C6H11NO3/c1-6(2,5(9)10)7(3)4-8/h4H,1-3H3,(H,9,10). The van der Waals surface area contributed by atoms with E-state index in [4.69, 9.17) is 5.11 Å². The highest BCUT2D eigenvalue weighted by Crippen LogP contribution is 2.09. The second-order valence-corrected chi connectivity index (χ2v) is 2.58. The first-order chi connectivity index (χ1) is 4.42. The molecule has 10 heavy (non-hydrogen) atoms. The number of hydrogen-bond donors (Lipinski definition) is 1. The second kappa shape index (κ2) is 2.68. The SMILES string of the molecule is CN(C=O)C(C)(C)C(=O)O. The number of carboxylic acid groups (broad SMARTS) is 1. The van der Waals surface area contributed by atoms with Gasteiger partial charge in [-0.25, -0.2) is 4.79 Å². The molecule has 0 aliphatic heterocycles. The first-order valence-corrected chi connectivity index (χ1v) is 2.84. The molecule has 0 rings (SSSR count). The van der Waals surface area contributed by atoms with Crippen LogP contribution < -0.4 is 0 Å². The van der Waals surface area contributed by atoms with E-state index in [1.54, 1.807) is 0 Å². The molecule has 0 atom stereocenters. The van der Waals surface area contributed by atoms with E-state index in [2.05, 4.69) is 0 Å². The zero-order valence-electron chi connectivity index (χ0n) is 6.29. The largest absolute Gasteiger partial charge is 0.480 e. The lowest BCUT2D eigenvalue weighted by Crippen LogP contribution is -2.47. The highest BCUT2D eigenvalue weighted by atomic mass is 16.4. The fourth-order valence-electron chi connectivity index (χ4n) is 0.283. The van der Waals surface area contributed by atoms with Crippen molar-refractivity contribution in [1.29, 1.82) is 0 Å². The Labute approximate surface area is 59.4 Å². The lowest BCUT2D eigenvalue weighted by Gasteiger charge is -2.27. The topological polar surface area (TPSA) is 57.6 Å². The van der Waals surface area contributed by atoms with Crippen LogP contribution in [0.15, 0.2) is 0 Å². The van der Waals surface area contributed by atoms with E-state index in [1.807, 2.05) is 0 Å². The first kappa shape index (κ1) is 8.94. The molecular formula is C6H11NO3. The molecule has 0 heterocycles. The van der Waals surface area contributed by atoms with E-state index in [-0.39, 0.29) is 0 Å². The Morgan fingerprint density at radius 2 is 2.00 bits per heavy atom. The van der Waals surface area contributed by atoms with Gasteiger partial charge in [0.25, 0.3) is 0 Å². The third kappa shape index (κ3) is 1.46. The van der Waals surface area contributed by atoms with Gasteiger partial charge in [0.05, 0.1) is 0 Å². The van der Waals surface area contributed by atoms with E-state index < -0.39 is 11.5 Å². The van der Waals surface area contributed by atoms with E-state index >= 15 is 0 Å². The number of carbonyl (C=O) groups is 2. The van der Waals surface area contributed by atoms with Crippen LogP contribution in [0.2, 0.25) is 0 Å². The van der Waals surface area contributed by atoms with Crippen molar-refractivity contribution >= 4 is 12.4 Å². The number of aliphatic carboxylic acids is 1. The van der Waals surface area contributed by atoms with Crippen molar-refractivity contribution in [3.63, 3.8) is 0 Å². The second-order valence-electron chi connectivity index (χ2n) is 2.58. The quantitative estimate of drug-likeness (QED) is 0.566. The molecule has 0 unspecified atom stereocenters. The highest BCUT2D eigenvalue weighted by molar-refractivity contribution is 5.80. The van der Waals surface area contributed by atoms with Crippen LogP contribution in [0.25, 0.3) is 0 Å². The van der Waals surface area contributed by atoms with Gasteiger partial charge in [0.2, 0.25) is 6.41 Å². The maximum atomic E-state index is 10.4. The molecule has 0 aliphatic carbocycles. The van der Waals surface area contributed by atoms with Crippen LogP contribution in [0.1, 0.15) is 13.8 Å². The van der Waals surface area contributed by atoms with Gasteiger partial charge in [-0.1, -0.05) is 0 Å². The summed E-state index contributed by atoms with van der Waals surface area (Å²) in [6.07, 6.45) is 0.494. The molecular weight excluding hydrogens is 134 g/mol. The zero-order valence-corrected chi connectivity index (χ0v) is 6.29. The summed E-state index contributed by atoms with van der Waals surface area (Å²) < 4.78 is 0. The zero-order chi connectivity index (χ0) is 8.36. The van der Waals surface area contributed by atoms with E-state index in [1.165, 1.54) is 20.9 Å². The number of carbonyl (C=O) groups excluding carboxylic acids is 1. The normalized spacial score (nSPS) is 10.7. The monoisotopic (exact) mass is 145 g/mol. The van der Waals surface area contributed by atoms with Crippen molar-refractivity contribution in [2.24, 2.45) is 0 Å². The molecule has 0 radical (unpaired) electrons. The molecule has 4 heteroatoms. The van der Waals surface area contributed by atoms with Gasteiger partial charge in [0, 0.05) is 7.05 Å². The van der Waals surface area contributed by atoms with E-state index in [9.17, 15) is 9.59 Å². The number of hydrogen-bond acceptors (Lipinski definition) is 2. The average molecular weight is 145 g/mol. The molecule has 1 amide bonds. The minimum absolute atomic E-state index is 0.494. The minimum atomic E-state index is -1.11. The molecule has 0 aromatic heterocycles. The molecule has 0 saturated heterocycles. The Balaban J connectivity index is 4.38. The number of nitrogens with zero attached hydrogens (tertiary/aromatic N) is 1. The van der Waals surface area contributed by atoms with Crippen LogP contribution in [0.5, 0.6) is 0 Å². The van der Waals surface area contributed by atoms with E-state index in [0.29, 0.717) is 6.41 Å². The van der Waals surface area contributed by atoms with Crippen LogP contribution in [-0.4, -0.2) is 35.0 Å².